The van der Waals surface area contributed by atoms with Crippen LogP contribution in [0, 0.1) is 12.3 Å². The quantitative estimate of drug-likeness (QED) is 0.488. The molecule has 0 bridgehead atoms. The number of amidine groups is 1. The van der Waals surface area contributed by atoms with Gasteiger partial charge in [-0.05, 0) is 18.6 Å². The summed E-state index contributed by atoms with van der Waals surface area (Å²) in [5.41, 5.74) is 6.85. The summed E-state index contributed by atoms with van der Waals surface area (Å²) < 4.78 is 26.5. The lowest BCUT2D eigenvalue weighted by Crippen LogP contribution is -2.19. The van der Waals surface area contributed by atoms with E-state index >= 15 is 0 Å². The van der Waals surface area contributed by atoms with Crippen molar-refractivity contribution in [2.24, 2.45) is 5.73 Å². The Morgan fingerprint density at radius 2 is 2.21 bits per heavy atom. The summed E-state index contributed by atoms with van der Waals surface area (Å²) in [6.45, 7) is 1.76. The van der Waals surface area contributed by atoms with E-state index < -0.39 is 10.0 Å². The number of rotatable bonds is 4. The van der Waals surface area contributed by atoms with E-state index in [9.17, 15) is 8.42 Å². The van der Waals surface area contributed by atoms with Crippen molar-refractivity contribution in [3.05, 3.63) is 41.7 Å². The number of nitrogens with zero attached hydrogens (tertiary/aromatic N) is 1. The molecule has 0 aliphatic carbocycles. The Bertz CT molecular complexity index is 707. The molecule has 0 unspecified atom stereocenters. The Morgan fingerprint density at radius 1 is 1.47 bits per heavy atom. The number of benzene rings is 1. The van der Waals surface area contributed by atoms with Gasteiger partial charge in [-0.3, -0.25) is 15.2 Å². The van der Waals surface area contributed by atoms with E-state index in [-0.39, 0.29) is 16.4 Å². The molecule has 1 heterocycles. The number of hydrogen-bond donors (Lipinski definition) is 4. The molecular formula is C11H13N5O2S. The summed E-state index contributed by atoms with van der Waals surface area (Å²) in [5, 5.41) is 13.6. The first-order chi connectivity index (χ1) is 8.92. The van der Waals surface area contributed by atoms with Crippen LogP contribution < -0.4 is 10.5 Å². The number of aryl methyl sites for hydroxylation is 1. The second-order valence-electron chi connectivity index (χ2n) is 3.95. The van der Waals surface area contributed by atoms with Crippen molar-refractivity contribution < 1.29 is 8.42 Å². The van der Waals surface area contributed by atoms with Gasteiger partial charge >= 0.3 is 0 Å². The van der Waals surface area contributed by atoms with Crippen LogP contribution in [0.25, 0.3) is 0 Å². The highest BCUT2D eigenvalue weighted by molar-refractivity contribution is 7.92. The number of anilines is 1. The zero-order valence-electron chi connectivity index (χ0n) is 10.1. The van der Waals surface area contributed by atoms with Gasteiger partial charge in [0.05, 0.1) is 11.9 Å². The minimum Gasteiger partial charge on any atom is -0.384 e. The summed E-state index contributed by atoms with van der Waals surface area (Å²) >= 11 is 0. The average Bonchev–Trinajstić information content (AvgIpc) is 2.81. The number of aromatic nitrogens is 2. The molecule has 0 amide bonds. The number of nitrogens with two attached hydrogens (primary N) is 1. The molecule has 0 saturated carbocycles. The lowest BCUT2D eigenvalue weighted by molar-refractivity contribution is 0.601. The number of hydrogen-bond acceptors (Lipinski definition) is 4. The molecule has 19 heavy (non-hydrogen) atoms. The fraction of sp³-hybridized carbons (Fsp3) is 0.0909. The Kier molecular flexibility index (Phi) is 3.26. The van der Waals surface area contributed by atoms with Crippen LogP contribution in [0.15, 0.2) is 35.5 Å². The molecule has 8 heteroatoms. The van der Waals surface area contributed by atoms with Gasteiger partial charge < -0.3 is 5.73 Å². The topological polar surface area (TPSA) is 125 Å². The summed E-state index contributed by atoms with van der Waals surface area (Å²) in [6, 6.07) is 5.00. The van der Waals surface area contributed by atoms with Crippen LogP contribution in [-0.4, -0.2) is 24.5 Å². The SMILES string of the molecule is Cc1cccc(NS(=O)(=O)c2cn[nH]c2)c1C(=N)N. The zero-order valence-corrected chi connectivity index (χ0v) is 11.0. The molecule has 1 aromatic heterocycles. The van der Waals surface area contributed by atoms with E-state index in [0.717, 1.165) is 5.56 Å². The van der Waals surface area contributed by atoms with Gasteiger partial charge in [-0.15, -0.1) is 0 Å². The van der Waals surface area contributed by atoms with Gasteiger partial charge in [0.1, 0.15) is 10.7 Å². The Hall–Kier alpha value is -2.35. The average molecular weight is 279 g/mol. The normalized spacial score (nSPS) is 11.2. The molecule has 0 fully saturated rings. The predicted molar refractivity (Wildman–Crippen MR) is 71.6 cm³/mol. The van der Waals surface area contributed by atoms with Crippen LogP contribution in [0.2, 0.25) is 0 Å². The third-order valence-corrected chi connectivity index (χ3v) is 3.90. The lowest BCUT2D eigenvalue weighted by atomic mass is 10.1. The first-order valence-corrected chi connectivity index (χ1v) is 6.86. The Labute approximate surface area is 110 Å². The van der Waals surface area contributed by atoms with E-state index in [1.165, 1.54) is 12.4 Å². The molecule has 2 aromatic rings. The number of nitrogen functional groups attached to an aromatic ring is 1. The molecule has 1 aromatic carbocycles. The lowest BCUT2D eigenvalue weighted by Gasteiger charge is -2.12. The van der Waals surface area contributed by atoms with Crippen molar-refractivity contribution in [3.63, 3.8) is 0 Å². The van der Waals surface area contributed by atoms with Crippen molar-refractivity contribution >= 4 is 21.5 Å². The van der Waals surface area contributed by atoms with E-state index in [4.69, 9.17) is 11.1 Å². The zero-order chi connectivity index (χ0) is 14.0. The highest BCUT2D eigenvalue weighted by Gasteiger charge is 2.18. The third kappa shape index (κ3) is 2.58. The van der Waals surface area contributed by atoms with E-state index in [2.05, 4.69) is 14.9 Å². The van der Waals surface area contributed by atoms with Crippen LogP contribution in [0.1, 0.15) is 11.1 Å². The fourth-order valence-corrected chi connectivity index (χ4v) is 2.68. The molecule has 100 valence electrons. The van der Waals surface area contributed by atoms with Crippen molar-refractivity contribution in [1.29, 1.82) is 5.41 Å². The minimum atomic E-state index is -3.74. The highest BCUT2D eigenvalue weighted by Crippen LogP contribution is 2.22. The van der Waals surface area contributed by atoms with Gasteiger partial charge in [0, 0.05) is 11.8 Å². The largest absolute Gasteiger partial charge is 0.384 e. The van der Waals surface area contributed by atoms with Crippen LogP contribution in [-0.2, 0) is 10.0 Å². The van der Waals surface area contributed by atoms with Gasteiger partial charge in [-0.2, -0.15) is 5.10 Å². The number of H-pyrrole nitrogens is 1. The first-order valence-electron chi connectivity index (χ1n) is 5.37. The van der Waals surface area contributed by atoms with Gasteiger partial charge in [0.2, 0.25) is 0 Å². The van der Waals surface area contributed by atoms with Gasteiger partial charge in [-0.1, -0.05) is 12.1 Å². The van der Waals surface area contributed by atoms with E-state index in [1.54, 1.807) is 25.1 Å². The first kappa shape index (κ1) is 13.1. The number of nitrogens with one attached hydrogen (secondary N) is 3. The molecule has 0 aliphatic rings. The van der Waals surface area contributed by atoms with Crippen LogP contribution in [0.3, 0.4) is 0 Å². The maximum atomic E-state index is 12.1. The van der Waals surface area contributed by atoms with Gasteiger partial charge in [0.25, 0.3) is 10.0 Å². The fourth-order valence-electron chi connectivity index (χ4n) is 1.70. The molecular weight excluding hydrogens is 266 g/mol. The van der Waals surface area contributed by atoms with Crippen LogP contribution in [0.4, 0.5) is 5.69 Å². The second kappa shape index (κ2) is 4.73. The molecule has 0 radical (unpaired) electrons. The maximum Gasteiger partial charge on any atom is 0.265 e. The summed E-state index contributed by atoms with van der Waals surface area (Å²) in [6.07, 6.45) is 2.47. The molecule has 7 nitrogen and oxygen atoms in total. The monoisotopic (exact) mass is 279 g/mol. The molecule has 5 N–H and O–H groups in total. The summed E-state index contributed by atoms with van der Waals surface area (Å²) in [5.74, 6) is -0.192. The van der Waals surface area contributed by atoms with E-state index in [0.29, 0.717) is 5.56 Å². The summed E-state index contributed by atoms with van der Waals surface area (Å²) in [7, 11) is -3.74. The van der Waals surface area contributed by atoms with Crippen molar-refractivity contribution in [1.82, 2.24) is 10.2 Å². The van der Waals surface area contributed by atoms with Crippen LogP contribution in [0.5, 0.6) is 0 Å². The van der Waals surface area contributed by atoms with Crippen LogP contribution >= 0.6 is 0 Å². The second-order valence-corrected chi connectivity index (χ2v) is 5.63. The van der Waals surface area contributed by atoms with Crippen molar-refractivity contribution in [2.45, 2.75) is 11.8 Å². The maximum absolute atomic E-state index is 12.1. The predicted octanol–water partition coefficient (Wildman–Crippen LogP) is 0.803. The molecule has 2 rings (SSSR count). The standard InChI is InChI=1S/C11H13N5O2S/c1-7-3-2-4-9(10(7)11(12)13)16-19(17,18)8-5-14-15-6-8/h2-6,16H,1H3,(H3,12,13)(H,14,15). The van der Waals surface area contributed by atoms with Gasteiger partial charge in [0.15, 0.2) is 0 Å². The Morgan fingerprint density at radius 3 is 2.79 bits per heavy atom. The van der Waals surface area contributed by atoms with Crippen molar-refractivity contribution in [2.75, 3.05) is 4.72 Å². The Balaban J connectivity index is 2.45. The number of aromatic amines is 1. The molecule has 0 spiro atoms. The third-order valence-electron chi connectivity index (χ3n) is 2.57. The molecule has 0 atom stereocenters. The van der Waals surface area contributed by atoms with Crippen molar-refractivity contribution in [3.8, 4) is 0 Å². The smallest absolute Gasteiger partial charge is 0.265 e. The van der Waals surface area contributed by atoms with Gasteiger partial charge in [-0.25, -0.2) is 8.42 Å². The molecule has 0 aliphatic heterocycles. The minimum absolute atomic E-state index is 0.0171. The molecule has 0 saturated heterocycles. The highest BCUT2D eigenvalue weighted by atomic mass is 32.2. The van der Waals surface area contributed by atoms with E-state index in [1.807, 2.05) is 0 Å². The summed E-state index contributed by atoms with van der Waals surface area (Å²) in [4.78, 5) is 0.0171. The number of sulfonamides is 1.